The number of nitrogens with zero attached hydrogens (tertiary/aromatic N) is 2. The quantitative estimate of drug-likeness (QED) is 0.248. The molecule has 1 heterocycles. The molecule has 1 N–H and O–H groups in total. The zero-order valence-electron chi connectivity index (χ0n) is 18.7. The molecule has 170 valence electrons. The fourth-order valence-corrected chi connectivity index (χ4v) is 4.46. The van der Waals surface area contributed by atoms with Gasteiger partial charge in [0.15, 0.2) is 0 Å². The lowest BCUT2D eigenvalue weighted by Crippen LogP contribution is -1.98. The van der Waals surface area contributed by atoms with E-state index in [-0.39, 0.29) is 0 Å². The number of benzene rings is 4. The number of methoxy groups -OCH3 is 1. The van der Waals surface area contributed by atoms with E-state index in [1.807, 2.05) is 30.3 Å². The Bertz CT molecular complexity index is 1650. The number of nitriles is 1. The minimum absolute atomic E-state index is 0.405. The Hall–Kier alpha value is -4.04. The molecule has 4 nitrogen and oxygen atoms in total. The van der Waals surface area contributed by atoms with Crippen molar-refractivity contribution in [3.05, 3.63) is 106 Å². The molecule has 0 unspecified atom stereocenters. The maximum Gasteiger partial charge on any atom is 0.139 e. The van der Waals surface area contributed by atoms with Gasteiger partial charge in [0, 0.05) is 17.6 Å². The first kappa shape index (κ1) is 22.7. The van der Waals surface area contributed by atoms with Crippen LogP contribution in [0.15, 0.2) is 79.0 Å². The Morgan fingerprint density at radius 2 is 1.63 bits per heavy atom. The summed E-state index contributed by atoms with van der Waals surface area (Å²) in [4.78, 5) is 4.51. The third kappa shape index (κ3) is 4.65. The van der Waals surface area contributed by atoms with Crippen molar-refractivity contribution in [2.24, 2.45) is 0 Å². The van der Waals surface area contributed by atoms with Gasteiger partial charge >= 0.3 is 0 Å². The summed E-state index contributed by atoms with van der Waals surface area (Å²) in [6.07, 6.45) is 5.69. The van der Waals surface area contributed by atoms with Gasteiger partial charge in [0.2, 0.25) is 0 Å². The fourth-order valence-electron chi connectivity index (χ4n) is 3.95. The van der Waals surface area contributed by atoms with Crippen molar-refractivity contribution in [2.75, 3.05) is 12.4 Å². The van der Waals surface area contributed by atoms with Crippen molar-refractivity contribution >= 4 is 68.4 Å². The number of hydrogen-bond donors (Lipinski definition) is 1. The van der Waals surface area contributed by atoms with Crippen LogP contribution in [-0.4, -0.2) is 12.1 Å². The first-order chi connectivity index (χ1) is 17.1. The molecule has 0 radical (unpaired) electrons. The highest BCUT2D eigenvalue weighted by atomic mass is 35.5. The molecule has 0 fully saturated rings. The summed E-state index contributed by atoms with van der Waals surface area (Å²) in [5.41, 5.74) is 4.47. The van der Waals surface area contributed by atoms with Gasteiger partial charge in [-0.1, -0.05) is 83.9 Å². The van der Waals surface area contributed by atoms with Gasteiger partial charge in [-0.05, 0) is 40.1 Å². The van der Waals surface area contributed by atoms with Crippen LogP contribution in [0.3, 0.4) is 0 Å². The van der Waals surface area contributed by atoms with Gasteiger partial charge in [0.1, 0.15) is 11.8 Å². The van der Waals surface area contributed by atoms with Crippen molar-refractivity contribution in [3.8, 4) is 11.8 Å². The van der Waals surface area contributed by atoms with E-state index in [1.165, 1.54) is 17.9 Å². The number of hydrogen-bond acceptors (Lipinski definition) is 4. The van der Waals surface area contributed by atoms with Gasteiger partial charge in [-0.25, -0.2) is 0 Å². The van der Waals surface area contributed by atoms with Crippen molar-refractivity contribution in [2.45, 2.75) is 0 Å². The number of nitrogens with one attached hydrogen (secondary N) is 1. The Morgan fingerprint density at radius 3 is 2.40 bits per heavy atom. The van der Waals surface area contributed by atoms with Crippen molar-refractivity contribution < 1.29 is 4.74 Å². The van der Waals surface area contributed by atoms with Crippen LogP contribution in [0.2, 0.25) is 10.0 Å². The third-order valence-electron chi connectivity index (χ3n) is 5.76. The zero-order valence-corrected chi connectivity index (χ0v) is 20.2. The average Bonchev–Trinajstić information content (AvgIpc) is 2.88. The number of halogens is 2. The molecule has 0 amide bonds. The van der Waals surface area contributed by atoms with Crippen LogP contribution in [0, 0.1) is 11.3 Å². The maximum atomic E-state index is 9.69. The van der Waals surface area contributed by atoms with Crippen molar-refractivity contribution in [1.82, 2.24) is 4.98 Å². The largest absolute Gasteiger partial charge is 0.495 e. The molecule has 0 saturated heterocycles. The second-order valence-corrected chi connectivity index (χ2v) is 8.78. The van der Waals surface area contributed by atoms with Crippen LogP contribution in [0.25, 0.3) is 33.8 Å². The standard InChI is InChI=1S/C29H19Cl2N3O/c1-35-28-15-27(24(30)14-25(28)31)34-29-22(16-32)17-33-26-13-19(9-11-23(26)29)7-6-18-8-10-20-4-2-3-5-21(20)12-18/h2-15,17H,1H3,(H,33,34)/b7-6+. The molecular weight excluding hydrogens is 477 g/mol. The molecule has 0 spiro atoms. The van der Waals surface area contributed by atoms with Gasteiger partial charge in [0.25, 0.3) is 0 Å². The first-order valence-corrected chi connectivity index (χ1v) is 11.6. The van der Waals surface area contributed by atoms with Crippen LogP contribution in [-0.2, 0) is 0 Å². The lowest BCUT2D eigenvalue weighted by molar-refractivity contribution is 0.415. The topological polar surface area (TPSA) is 57.9 Å². The van der Waals surface area contributed by atoms with E-state index in [4.69, 9.17) is 27.9 Å². The van der Waals surface area contributed by atoms with E-state index >= 15 is 0 Å². The molecule has 35 heavy (non-hydrogen) atoms. The molecule has 5 aromatic rings. The van der Waals surface area contributed by atoms with E-state index in [2.05, 4.69) is 58.9 Å². The third-order valence-corrected chi connectivity index (χ3v) is 6.36. The van der Waals surface area contributed by atoms with Gasteiger partial charge in [-0.2, -0.15) is 5.26 Å². The molecular formula is C29H19Cl2N3O. The minimum Gasteiger partial charge on any atom is -0.495 e. The predicted octanol–water partition coefficient (Wildman–Crippen LogP) is 8.49. The van der Waals surface area contributed by atoms with Crippen molar-refractivity contribution in [3.63, 3.8) is 0 Å². The molecule has 0 aliphatic rings. The van der Waals surface area contributed by atoms with Gasteiger partial charge in [-0.15, -0.1) is 0 Å². The molecule has 0 saturated carbocycles. The van der Waals surface area contributed by atoms with Gasteiger partial charge in [0.05, 0.1) is 39.6 Å². The Kier molecular flexibility index (Phi) is 6.29. The number of pyridine rings is 1. The second-order valence-electron chi connectivity index (χ2n) is 7.97. The summed E-state index contributed by atoms with van der Waals surface area (Å²) in [5, 5.41) is 17.0. The summed E-state index contributed by atoms with van der Waals surface area (Å²) in [5.74, 6) is 0.483. The highest BCUT2D eigenvalue weighted by Crippen LogP contribution is 2.38. The Morgan fingerprint density at radius 1 is 0.886 bits per heavy atom. The summed E-state index contributed by atoms with van der Waals surface area (Å²) >= 11 is 12.6. The van der Waals surface area contributed by atoms with Crippen molar-refractivity contribution in [1.29, 1.82) is 5.26 Å². The molecule has 5 rings (SSSR count). The number of fused-ring (bicyclic) bond motifs is 2. The van der Waals surface area contributed by atoms with E-state index < -0.39 is 0 Å². The molecule has 0 atom stereocenters. The lowest BCUT2D eigenvalue weighted by Gasteiger charge is -2.14. The number of ether oxygens (including phenoxy) is 1. The summed E-state index contributed by atoms with van der Waals surface area (Å²) in [6, 6.07) is 26.1. The number of rotatable bonds is 5. The van der Waals surface area contributed by atoms with Crippen LogP contribution in [0.5, 0.6) is 5.75 Å². The Balaban J connectivity index is 1.50. The summed E-state index contributed by atoms with van der Waals surface area (Å²) in [6.45, 7) is 0. The van der Waals surface area contributed by atoms with Crippen LogP contribution < -0.4 is 10.1 Å². The monoisotopic (exact) mass is 495 g/mol. The zero-order chi connectivity index (χ0) is 24.4. The summed E-state index contributed by atoms with van der Waals surface area (Å²) < 4.78 is 5.31. The number of anilines is 2. The molecule has 0 aliphatic heterocycles. The maximum absolute atomic E-state index is 9.69. The Labute approximate surface area is 213 Å². The minimum atomic E-state index is 0.405. The molecule has 0 aliphatic carbocycles. The molecule has 1 aromatic heterocycles. The van der Waals surface area contributed by atoms with Crippen LogP contribution in [0.1, 0.15) is 16.7 Å². The van der Waals surface area contributed by atoms with Gasteiger partial charge < -0.3 is 10.1 Å². The lowest BCUT2D eigenvalue weighted by atomic mass is 10.0. The summed E-state index contributed by atoms with van der Waals surface area (Å²) in [7, 11) is 1.54. The first-order valence-electron chi connectivity index (χ1n) is 10.9. The van der Waals surface area contributed by atoms with E-state index in [0.29, 0.717) is 32.7 Å². The number of aromatic nitrogens is 1. The fraction of sp³-hybridized carbons (Fsp3) is 0.0345. The molecule has 0 bridgehead atoms. The highest BCUT2D eigenvalue weighted by Gasteiger charge is 2.13. The van der Waals surface area contributed by atoms with Gasteiger partial charge in [-0.3, -0.25) is 4.98 Å². The smallest absolute Gasteiger partial charge is 0.139 e. The normalized spacial score (nSPS) is 11.1. The molecule has 4 aromatic carbocycles. The van der Waals surface area contributed by atoms with Crippen LogP contribution in [0.4, 0.5) is 11.4 Å². The van der Waals surface area contributed by atoms with Crippen LogP contribution >= 0.6 is 23.2 Å². The second kappa shape index (κ2) is 9.68. The van der Waals surface area contributed by atoms with E-state index in [1.54, 1.807) is 18.3 Å². The average molecular weight is 496 g/mol. The highest BCUT2D eigenvalue weighted by molar-refractivity contribution is 6.37. The SMILES string of the molecule is COc1cc(Nc2c(C#N)cnc3cc(/C=C/c4ccc5ccccc5c4)ccc23)c(Cl)cc1Cl. The predicted molar refractivity (Wildman–Crippen MR) is 146 cm³/mol. The van der Waals surface area contributed by atoms with E-state index in [0.717, 1.165) is 22.0 Å². The van der Waals surface area contributed by atoms with E-state index in [9.17, 15) is 5.26 Å². The molecule has 6 heteroatoms.